The molecule has 0 aliphatic heterocycles. The first kappa shape index (κ1) is 14.7. The van der Waals surface area contributed by atoms with Gasteiger partial charge < -0.3 is 5.73 Å². The van der Waals surface area contributed by atoms with Gasteiger partial charge in [-0.3, -0.25) is 11.3 Å². The average molecular weight is 298 g/mol. The van der Waals surface area contributed by atoms with Crippen molar-refractivity contribution in [2.75, 3.05) is 5.73 Å². The van der Waals surface area contributed by atoms with E-state index in [0.717, 1.165) is 6.07 Å². The molecule has 3 nitrogen and oxygen atoms in total. The maximum atomic E-state index is 13.7. The first-order valence-electron chi connectivity index (χ1n) is 5.97. The van der Waals surface area contributed by atoms with E-state index in [4.69, 9.17) is 23.2 Å². The summed E-state index contributed by atoms with van der Waals surface area (Å²) in [5.74, 6) is 3.73. The highest BCUT2D eigenvalue weighted by atomic mass is 35.5. The molecule has 1 atom stereocenters. The van der Waals surface area contributed by atoms with Crippen molar-refractivity contribution in [2.45, 2.75) is 12.5 Å². The Labute approximate surface area is 120 Å². The van der Waals surface area contributed by atoms with Crippen LogP contribution in [0.3, 0.4) is 0 Å². The zero-order valence-electron chi connectivity index (χ0n) is 10.5. The SMILES string of the molecule is NNC(Cc1cccc(F)c1F)c1ccc(Cl)cc1N. The number of hydrazine groups is 1. The van der Waals surface area contributed by atoms with Gasteiger partial charge >= 0.3 is 0 Å². The highest BCUT2D eigenvalue weighted by Crippen LogP contribution is 2.27. The molecule has 6 heteroatoms. The Morgan fingerprint density at radius 1 is 1.20 bits per heavy atom. The van der Waals surface area contributed by atoms with Crippen molar-refractivity contribution in [3.8, 4) is 0 Å². The van der Waals surface area contributed by atoms with Gasteiger partial charge in [-0.05, 0) is 35.7 Å². The van der Waals surface area contributed by atoms with Gasteiger partial charge in [-0.15, -0.1) is 0 Å². The lowest BCUT2D eigenvalue weighted by Gasteiger charge is -2.19. The van der Waals surface area contributed by atoms with Crippen LogP contribution in [0.4, 0.5) is 14.5 Å². The molecule has 2 aromatic rings. The van der Waals surface area contributed by atoms with Crippen molar-refractivity contribution < 1.29 is 8.78 Å². The van der Waals surface area contributed by atoms with Crippen LogP contribution >= 0.6 is 11.6 Å². The summed E-state index contributed by atoms with van der Waals surface area (Å²) in [4.78, 5) is 0. The monoisotopic (exact) mass is 297 g/mol. The second kappa shape index (κ2) is 6.17. The number of benzene rings is 2. The molecule has 1 unspecified atom stereocenters. The van der Waals surface area contributed by atoms with Crippen molar-refractivity contribution in [2.24, 2.45) is 5.84 Å². The summed E-state index contributed by atoms with van der Waals surface area (Å²) in [6.07, 6.45) is 0.173. The Kier molecular flexibility index (Phi) is 4.54. The second-order valence-corrected chi connectivity index (χ2v) is 4.85. The third-order valence-corrected chi connectivity index (χ3v) is 3.32. The molecule has 20 heavy (non-hydrogen) atoms. The van der Waals surface area contributed by atoms with Crippen molar-refractivity contribution in [3.63, 3.8) is 0 Å². The van der Waals surface area contributed by atoms with Gasteiger partial charge in [-0.2, -0.15) is 0 Å². The van der Waals surface area contributed by atoms with Crippen LogP contribution in [0.1, 0.15) is 17.2 Å². The van der Waals surface area contributed by atoms with Gasteiger partial charge in [0.2, 0.25) is 0 Å². The van der Waals surface area contributed by atoms with Gasteiger partial charge in [-0.25, -0.2) is 8.78 Å². The quantitative estimate of drug-likeness (QED) is 0.462. The van der Waals surface area contributed by atoms with Crippen LogP contribution in [0.2, 0.25) is 5.02 Å². The molecule has 0 radical (unpaired) electrons. The van der Waals surface area contributed by atoms with Crippen molar-refractivity contribution >= 4 is 17.3 Å². The van der Waals surface area contributed by atoms with Crippen LogP contribution in [-0.2, 0) is 6.42 Å². The van der Waals surface area contributed by atoms with E-state index in [1.54, 1.807) is 18.2 Å². The predicted octanol–water partition coefficient (Wildman–Crippen LogP) is 2.95. The van der Waals surface area contributed by atoms with E-state index in [1.165, 1.54) is 12.1 Å². The molecular weight excluding hydrogens is 284 g/mol. The Hall–Kier alpha value is -1.69. The molecule has 5 N–H and O–H groups in total. The van der Waals surface area contributed by atoms with E-state index in [-0.39, 0.29) is 12.0 Å². The molecule has 106 valence electrons. The maximum absolute atomic E-state index is 13.7. The zero-order chi connectivity index (χ0) is 14.7. The summed E-state index contributed by atoms with van der Waals surface area (Å²) in [6, 6.07) is 8.55. The zero-order valence-corrected chi connectivity index (χ0v) is 11.3. The van der Waals surface area contributed by atoms with Crippen LogP contribution in [0.5, 0.6) is 0 Å². The fraction of sp³-hybridized carbons (Fsp3) is 0.143. The summed E-state index contributed by atoms with van der Waals surface area (Å²) < 4.78 is 26.9. The molecule has 0 aromatic heterocycles. The van der Waals surface area contributed by atoms with E-state index < -0.39 is 17.7 Å². The summed E-state index contributed by atoms with van der Waals surface area (Å²) >= 11 is 5.83. The molecule has 2 aromatic carbocycles. The topological polar surface area (TPSA) is 64.1 Å². The molecular formula is C14H14ClF2N3. The van der Waals surface area contributed by atoms with E-state index in [2.05, 4.69) is 5.43 Å². The number of anilines is 1. The third-order valence-electron chi connectivity index (χ3n) is 3.08. The number of nitrogens with two attached hydrogens (primary N) is 2. The predicted molar refractivity (Wildman–Crippen MR) is 76.0 cm³/mol. The lowest BCUT2D eigenvalue weighted by atomic mass is 9.97. The molecule has 0 saturated heterocycles. The molecule has 0 aliphatic rings. The second-order valence-electron chi connectivity index (χ2n) is 4.41. The van der Waals surface area contributed by atoms with E-state index in [9.17, 15) is 8.78 Å². The number of nitrogen functional groups attached to an aromatic ring is 1. The Bertz CT molecular complexity index is 619. The van der Waals surface area contributed by atoms with Gasteiger partial charge in [-0.1, -0.05) is 29.8 Å². The summed E-state index contributed by atoms with van der Waals surface area (Å²) in [6.45, 7) is 0. The van der Waals surface area contributed by atoms with E-state index >= 15 is 0 Å². The number of halogens is 3. The minimum atomic E-state index is -0.887. The van der Waals surface area contributed by atoms with E-state index in [0.29, 0.717) is 16.3 Å². The lowest BCUT2D eigenvalue weighted by molar-refractivity contribution is 0.481. The highest BCUT2D eigenvalue weighted by molar-refractivity contribution is 6.30. The molecule has 0 bridgehead atoms. The number of rotatable bonds is 4. The van der Waals surface area contributed by atoms with Gasteiger partial charge in [0.15, 0.2) is 11.6 Å². The molecule has 0 heterocycles. The first-order valence-corrected chi connectivity index (χ1v) is 6.34. The highest BCUT2D eigenvalue weighted by Gasteiger charge is 2.17. The van der Waals surface area contributed by atoms with E-state index in [1.807, 2.05) is 0 Å². The molecule has 0 spiro atoms. The summed E-state index contributed by atoms with van der Waals surface area (Å²) in [7, 11) is 0. The van der Waals surface area contributed by atoms with Crippen molar-refractivity contribution in [3.05, 3.63) is 64.2 Å². The maximum Gasteiger partial charge on any atom is 0.162 e. The first-order chi connectivity index (χ1) is 9.52. The number of hydrogen-bond acceptors (Lipinski definition) is 3. The molecule has 0 aliphatic carbocycles. The molecule has 0 saturated carbocycles. The van der Waals surface area contributed by atoms with Gasteiger partial charge in [0.05, 0.1) is 6.04 Å². The minimum Gasteiger partial charge on any atom is -0.398 e. The van der Waals surface area contributed by atoms with Crippen LogP contribution in [0, 0.1) is 11.6 Å². The van der Waals surface area contributed by atoms with Crippen LogP contribution < -0.4 is 17.0 Å². The van der Waals surface area contributed by atoms with Crippen LogP contribution in [0.25, 0.3) is 0 Å². The Morgan fingerprint density at radius 3 is 2.60 bits per heavy atom. The van der Waals surface area contributed by atoms with Crippen LogP contribution in [-0.4, -0.2) is 0 Å². The fourth-order valence-corrected chi connectivity index (χ4v) is 2.23. The number of nitrogens with one attached hydrogen (secondary N) is 1. The summed E-state index contributed by atoms with van der Waals surface area (Å²) in [5, 5.41) is 0.499. The fourth-order valence-electron chi connectivity index (χ4n) is 2.05. The number of hydrogen-bond donors (Lipinski definition) is 3. The molecule has 0 fully saturated rings. The van der Waals surface area contributed by atoms with Crippen LogP contribution in [0.15, 0.2) is 36.4 Å². The van der Waals surface area contributed by atoms with Gasteiger partial charge in [0.25, 0.3) is 0 Å². The average Bonchev–Trinajstić information content (AvgIpc) is 2.41. The van der Waals surface area contributed by atoms with Crippen molar-refractivity contribution in [1.29, 1.82) is 0 Å². The Balaban J connectivity index is 2.31. The standard InChI is InChI=1S/C14H14ClF2N3/c15-9-4-5-10(12(18)7-9)13(20-19)6-8-2-1-3-11(16)14(8)17/h1-5,7,13,20H,6,18-19H2. The Morgan fingerprint density at radius 2 is 1.95 bits per heavy atom. The van der Waals surface area contributed by atoms with Crippen molar-refractivity contribution in [1.82, 2.24) is 5.43 Å². The largest absolute Gasteiger partial charge is 0.398 e. The molecule has 2 rings (SSSR count). The smallest absolute Gasteiger partial charge is 0.162 e. The van der Waals surface area contributed by atoms with Gasteiger partial charge in [0, 0.05) is 10.7 Å². The lowest BCUT2D eigenvalue weighted by Crippen LogP contribution is -2.30. The third kappa shape index (κ3) is 3.07. The molecule has 0 amide bonds. The summed E-state index contributed by atoms with van der Waals surface area (Å²) in [5.41, 5.74) is 9.78. The minimum absolute atomic E-state index is 0.173. The normalized spacial score (nSPS) is 12.4. The van der Waals surface area contributed by atoms with Gasteiger partial charge in [0.1, 0.15) is 0 Å².